The van der Waals surface area contributed by atoms with Crippen LogP contribution in [0.1, 0.15) is 66.4 Å². The van der Waals surface area contributed by atoms with E-state index < -0.39 is 53.6 Å². The normalized spacial score (nSPS) is 13.4. The van der Waals surface area contributed by atoms with Crippen LogP contribution in [-0.2, 0) is 30.5 Å². The Morgan fingerprint density at radius 3 is 2.08 bits per heavy atom. The molecular weight excluding hydrogens is 506 g/mol. The van der Waals surface area contributed by atoms with Gasteiger partial charge < -0.3 is 36.5 Å². The number of carbonyl (C=O) groups is 5. The van der Waals surface area contributed by atoms with Crippen molar-refractivity contribution in [1.29, 1.82) is 0 Å². The molecule has 0 saturated heterocycles. The van der Waals surface area contributed by atoms with Gasteiger partial charge >= 0.3 is 12.2 Å². The van der Waals surface area contributed by atoms with Crippen molar-refractivity contribution in [3.05, 3.63) is 35.9 Å². The summed E-state index contributed by atoms with van der Waals surface area (Å²) in [4.78, 5) is 61.3. The lowest BCUT2D eigenvalue weighted by Gasteiger charge is -2.26. The summed E-state index contributed by atoms with van der Waals surface area (Å²) in [5.41, 5.74) is 5.62. The van der Waals surface area contributed by atoms with Gasteiger partial charge in [0.25, 0.3) is 0 Å². The molecule has 5 amide bonds. The van der Waals surface area contributed by atoms with E-state index in [1.807, 2.05) is 30.3 Å². The van der Waals surface area contributed by atoms with Crippen LogP contribution >= 0.6 is 0 Å². The number of ether oxygens (including phenoxy) is 2. The predicted octanol–water partition coefficient (Wildman–Crippen LogP) is 2.11. The molecule has 0 heterocycles. The second-order valence-electron chi connectivity index (χ2n) is 10.5. The molecule has 0 spiro atoms. The standard InChI is InChI=1S/C27H43N5O7/c1-17(2)21(32-23(34)18(3)30-26(37)39-27(4,5)6)24(35)31-20(22(28)33)14-10-11-15-29-25(36)38-16-19-12-8-7-9-13-19/h7-9,12-13,17-18,20-21H,10-11,14-16H2,1-6H3,(H2,28,33)(H,29,36)(H,30,37)(H,31,35)(H,32,34)/t18-,20-,21-/m0/s1. The van der Waals surface area contributed by atoms with Crippen molar-refractivity contribution in [1.82, 2.24) is 21.3 Å². The van der Waals surface area contributed by atoms with E-state index in [2.05, 4.69) is 21.3 Å². The molecule has 0 fully saturated rings. The summed E-state index contributed by atoms with van der Waals surface area (Å²) >= 11 is 0. The Labute approximate surface area is 230 Å². The number of unbranched alkanes of at least 4 members (excludes halogenated alkanes) is 1. The van der Waals surface area contributed by atoms with E-state index in [1.165, 1.54) is 6.92 Å². The molecule has 0 aliphatic heterocycles. The molecule has 6 N–H and O–H groups in total. The van der Waals surface area contributed by atoms with Crippen LogP contribution in [-0.4, -0.2) is 60.2 Å². The van der Waals surface area contributed by atoms with Crippen molar-refractivity contribution >= 4 is 29.9 Å². The molecule has 12 heteroatoms. The number of alkyl carbamates (subject to hydrolysis) is 2. The Kier molecular flexibility index (Phi) is 13.8. The van der Waals surface area contributed by atoms with E-state index in [-0.39, 0.29) is 18.9 Å². The van der Waals surface area contributed by atoms with Gasteiger partial charge in [0.15, 0.2) is 0 Å². The summed E-state index contributed by atoms with van der Waals surface area (Å²) in [6.07, 6.45) is -0.0503. The van der Waals surface area contributed by atoms with Gasteiger partial charge in [0.2, 0.25) is 17.7 Å². The van der Waals surface area contributed by atoms with Crippen LogP contribution in [0.25, 0.3) is 0 Å². The van der Waals surface area contributed by atoms with Crippen molar-refractivity contribution < 1.29 is 33.4 Å². The molecule has 218 valence electrons. The third-order valence-corrected chi connectivity index (χ3v) is 5.44. The molecule has 39 heavy (non-hydrogen) atoms. The van der Waals surface area contributed by atoms with Crippen molar-refractivity contribution in [3.63, 3.8) is 0 Å². The Bertz CT molecular complexity index is 963. The molecular formula is C27H43N5O7. The van der Waals surface area contributed by atoms with Crippen molar-refractivity contribution in [2.24, 2.45) is 11.7 Å². The lowest BCUT2D eigenvalue weighted by Crippen LogP contribution is -2.57. The Balaban J connectivity index is 2.50. The predicted molar refractivity (Wildman–Crippen MR) is 145 cm³/mol. The van der Waals surface area contributed by atoms with E-state index in [0.29, 0.717) is 19.4 Å². The number of amides is 5. The lowest BCUT2D eigenvalue weighted by molar-refractivity contribution is -0.132. The van der Waals surface area contributed by atoms with Crippen molar-refractivity contribution in [2.45, 2.75) is 91.1 Å². The number of hydrogen-bond acceptors (Lipinski definition) is 7. The van der Waals surface area contributed by atoms with Crippen LogP contribution in [0.15, 0.2) is 30.3 Å². The summed E-state index contributed by atoms with van der Waals surface area (Å²) in [6, 6.07) is 6.38. The molecule has 0 aromatic heterocycles. The number of rotatable bonds is 14. The van der Waals surface area contributed by atoms with Gasteiger partial charge in [0.05, 0.1) is 0 Å². The maximum Gasteiger partial charge on any atom is 0.408 e. The maximum atomic E-state index is 12.9. The molecule has 0 radical (unpaired) electrons. The van der Waals surface area contributed by atoms with Gasteiger partial charge in [-0.2, -0.15) is 0 Å². The van der Waals surface area contributed by atoms with Crippen molar-refractivity contribution in [2.75, 3.05) is 6.54 Å². The molecule has 0 aliphatic carbocycles. The molecule has 3 atom stereocenters. The van der Waals surface area contributed by atoms with Crippen LogP contribution in [0, 0.1) is 5.92 Å². The fourth-order valence-corrected chi connectivity index (χ4v) is 3.35. The lowest BCUT2D eigenvalue weighted by atomic mass is 10.0. The summed E-state index contributed by atoms with van der Waals surface area (Å²) in [5.74, 6) is -2.19. The number of nitrogens with two attached hydrogens (primary N) is 1. The van der Waals surface area contributed by atoms with Crippen LogP contribution < -0.4 is 27.0 Å². The van der Waals surface area contributed by atoms with Gasteiger partial charge in [-0.3, -0.25) is 14.4 Å². The van der Waals surface area contributed by atoms with E-state index >= 15 is 0 Å². The van der Waals surface area contributed by atoms with E-state index in [9.17, 15) is 24.0 Å². The second kappa shape index (κ2) is 16.2. The zero-order chi connectivity index (χ0) is 29.6. The Hall–Kier alpha value is -3.83. The highest BCUT2D eigenvalue weighted by Crippen LogP contribution is 2.08. The van der Waals surface area contributed by atoms with Crippen molar-refractivity contribution in [3.8, 4) is 0 Å². The topological polar surface area (TPSA) is 178 Å². The number of benzene rings is 1. The quantitative estimate of drug-likeness (QED) is 0.221. The van der Waals surface area contributed by atoms with E-state index in [4.69, 9.17) is 15.2 Å². The minimum atomic E-state index is -0.969. The highest BCUT2D eigenvalue weighted by atomic mass is 16.6. The highest BCUT2D eigenvalue weighted by Gasteiger charge is 2.30. The zero-order valence-corrected chi connectivity index (χ0v) is 23.7. The zero-order valence-electron chi connectivity index (χ0n) is 23.7. The molecule has 0 aliphatic rings. The molecule has 0 bridgehead atoms. The average Bonchev–Trinajstić information content (AvgIpc) is 2.83. The molecule has 1 aromatic carbocycles. The smallest absolute Gasteiger partial charge is 0.408 e. The minimum absolute atomic E-state index is 0.159. The number of hydrogen-bond donors (Lipinski definition) is 5. The van der Waals surface area contributed by atoms with E-state index in [1.54, 1.807) is 34.6 Å². The fraction of sp³-hybridized carbons (Fsp3) is 0.593. The molecule has 1 aromatic rings. The molecule has 12 nitrogen and oxygen atoms in total. The first-order valence-corrected chi connectivity index (χ1v) is 13.0. The highest BCUT2D eigenvalue weighted by molar-refractivity contribution is 5.93. The van der Waals surface area contributed by atoms with Crippen LogP contribution in [0.2, 0.25) is 0 Å². The third-order valence-electron chi connectivity index (χ3n) is 5.44. The number of primary amides is 1. The minimum Gasteiger partial charge on any atom is -0.445 e. The summed E-state index contributed by atoms with van der Waals surface area (Å²) in [7, 11) is 0. The van der Waals surface area contributed by atoms with Gasteiger partial charge in [-0.15, -0.1) is 0 Å². The van der Waals surface area contributed by atoms with E-state index in [0.717, 1.165) is 5.56 Å². The average molecular weight is 550 g/mol. The molecule has 0 unspecified atom stereocenters. The van der Waals surface area contributed by atoms with Gasteiger partial charge in [-0.1, -0.05) is 44.2 Å². The Morgan fingerprint density at radius 1 is 0.872 bits per heavy atom. The summed E-state index contributed by atoms with van der Waals surface area (Å²) < 4.78 is 10.3. The van der Waals surface area contributed by atoms with Gasteiger partial charge in [-0.05, 0) is 58.4 Å². The first-order valence-electron chi connectivity index (χ1n) is 13.0. The van der Waals surface area contributed by atoms with Crippen LogP contribution in [0.3, 0.4) is 0 Å². The molecule has 0 saturated carbocycles. The van der Waals surface area contributed by atoms with Gasteiger partial charge in [0.1, 0.15) is 30.3 Å². The number of carbonyl (C=O) groups excluding carboxylic acids is 5. The van der Waals surface area contributed by atoms with Crippen LogP contribution in [0.4, 0.5) is 9.59 Å². The first kappa shape index (κ1) is 33.2. The first-order chi connectivity index (χ1) is 18.2. The monoisotopic (exact) mass is 549 g/mol. The fourth-order valence-electron chi connectivity index (χ4n) is 3.35. The third kappa shape index (κ3) is 14.0. The largest absolute Gasteiger partial charge is 0.445 e. The van der Waals surface area contributed by atoms with Crippen LogP contribution in [0.5, 0.6) is 0 Å². The Morgan fingerprint density at radius 2 is 1.51 bits per heavy atom. The molecule has 1 rings (SSSR count). The van der Waals surface area contributed by atoms with Gasteiger partial charge in [0, 0.05) is 6.54 Å². The summed E-state index contributed by atoms with van der Waals surface area (Å²) in [6.45, 7) is 10.5. The van der Waals surface area contributed by atoms with Gasteiger partial charge in [-0.25, -0.2) is 9.59 Å². The SMILES string of the molecule is CC(C)[C@H](NC(=O)[C@H](C)NC(=O)OC(C)(C)C)C(=O)N[C@@H](CCCCNC(=O)OCc1ccccc1)C(N)=O. The second-order valence-corrected chi connectivity index (χ2v) is 10.5. The summed E-state index contributed by atoms with van der Waals surface area (Å²) in [5, 5.41) is 10.3. The number of nitrogens with one attached hydrogen (secondary N) is 4. The maximum absolute atomic E-state index is 12.9.